The number of unbranched alkanes of at least 4 members (excludes halogenated alkanes) is 1. The highest BCUT2D eigenvalue weighted by Gasteiger charge is 2.17. The third-order valence-corrected chi connectivity index (χ3v) is 4.02. The normalized spacial score (nSPS) is 12.3. The summed E-state index contributed by atoms with van der Waals surface area (Å²) in [7, 11) is 0. The zero-order valence-electron chi connectivity index (χ0n) is 16.4. The molecule has 0 aliphatic rings. The molecule has 1 rings (SSSR count). The Bertz CT molecular complexity index is 569. The highest BCUT2D eigenvalue weighted by atomic mass is 16.5. The van der Waals surface area contributed by atoms with Crippen LogP contribution in [0.1, 0.15) is 57.2 Å². The fourth-order valence-electron chi connectivity index (χ4n) is 2.68. The van der Waals surface area contributed by atoms with E-state index in [1.807, 2.05) is 33.8 Å². The summed E-state index contributed by atoms with van der Waals surface area (Å²) in [5, 5.41) is 13.3. The van der Waals surface area contributed by atoms with E-state index in [2.05, 4.69) is 12.2 Å². The monoisotopic (exact) mass is 351 g/mol. The van der Waals surface area contributed by atoms with E-state index in [0.29, 0.717) is 18.3 Å². The van der Waals surface area contributed by atoms with Crippen LogP contribution in [0, 0.1) is 13.8 Å². The predicted octanol–water partition coefficient (Wildman–Crippen LogP) is 3.31. The molecule has 0 radical (unpaired) electrons. The Labute approximate surface area is 151 Å². The number of hydrogen-bond donors (Lipinski definition) is 2. The summed E-state index contributed by atoms with van der Waals surface area (Å²) in [6.07, 6.45) is 2.37. The van der Waals surface area contributed by atoms with Crippen molar-refractivity contribution in [2.45, 2.75) is 73.0 Å². The van der Waals surface area contributed by atoms with Gasteiger partial charge in [-0.15, -0.1) is 0 Å². The Hall–Kier alpha value is -1.59. The van der Waals surface area contributed by atoms with Crippen molar-refractivity contribution in [1.29, 1.82) is 0 Å². The number of aliphatic hydroxyl groups excluding tert-OH is 1. The maximum atomic E-state index is 11.4. The van der Waals surface area contributed by atoms with E-state index in [4.69, 9.17) is 9.47 Å². The van der Waals surface area contributed by atoms with E-state index in [1.54, 1.807) is 0 Å². The summed E-state index contributed by atoms with van der Waals surface area (Å²) in [5.74, 6) is 1.06. The Morgan fingerprint density at radius 1 is 1.32 bits per heavy atom. The molecule has 0 heterocycles. The number of carbonyl (C=O) groups excluding carboxylic acids is 1. The number of rotatable bonds is 10. The minimum atomic E-state index is -0.574. The lowest BCUT2D eigenvalue weighted by atomic mass is 9.98. The number of ether oxygens (including phenoxy) is 2. The number of aliphatic hydroxyl groups is 1. The predicted molar refractivity (Wildman–Crippen MR) is 100 cm³/mol. The number of aryl methyl sites for hydroxylation is 1. The van der Waals surface area contributed by atoms with Crippen LogP contribution in [-0.4, -0.2) is 36.4 Å². The van der Waals surface area contributed by atoms with Crippen LogP contribution in [0.2, 0.25) is 0 Å². The van der Waals surface area contributed by atoms with E-state index in [1.165, 1.54) is 6.92 Å². The van der Waals surface area contributed by atoms with Crippen molar-refractivity contribution in [3.05, 3.63) is 22.8 Å². The molecule has 1 aromatic rings. The molecule has 0 amide bonds. The number of esters is 1. The van der Waals surface area contributed by atoms with Crippen LogP contribution in [0.15, 0.2) is 6.07 Å². The summed E-state index contributed by atoms with van der Waals surface area (Å²) >= 11 is 0. The standard InChI is InChI=1S/C20H33NO4/c1-7-8-9-18-15(5)20(25-16(6)22)14(4)10-19(18)24-12-17(23)11-21-13(2)3/h10,13,17,21,23H,7-9,11-12H2,1-6H3. The maximum Gasteiger partial charge on any atom is 0.308 e. The molecular formula is C20H33NO4. The van der Waals surface area contributed by atoms with Gasteiger partial charge in [-0.25, -0.2) is 0 Å². The molecule has 1 atom stereocenters. The molecule has 0 aromatic heterocycles. The van der Waals surface area contributed by atoms with Gasteiger partial charge in [0.2, 0.25) is 0 Å². The van der Waals surface area contributed by atoms with Gasteiger partial charge in [0.15, 0.2) is 0 Å². The first-order chi connectivity index (χ1) is 11.8. The lowest BCUT2D eigenvalue weighted by Gasteiger charge is -2.20. The average molecular weight is 351 g/mol. The first-order valence-electron chi connectivity index (χ1n) is 9.11. The molecule has 1 aromatic carbocycles. The fourth-order valence-corrected chi connectivity index (χ4v) is 2.68. The molecule has 25 heavy (non-hydrogen) atoms. The number of hydrogen-bond acceptors (Lipinski definition) is 5. The van der Waals surface area contributed by atoms with Gasteiger partial charge in [-0.05, 0) is 43.9 Å². The largest absolute Gasteiger partial charge is 0.491 e. The van der Waals surface area contributed by atoms with E-state index in [0.717, 1.165) is 41.7 Å². The SMILES string of the molecule is CCCCc1c(OCC(O)CNC(C)C)cc(C)c(OC(C)=O)c1C. The first kappa shape index (κ1) is 21.5. The molecule has 5 heteroatoms. The van der Waals surface area contributed by atoms with Gasteiger partial charge in [0.05, 0.1) is 0 Å². The van der Waals surface area contributed by atoms with Crippen molar-refractivity contribution in [2.24, 2.45) is 0 Å². The van der Waals surface area contributed by atoms with Gasteiger partial charge in [0, 0.05) is 25.1 Å². The zero-order valence-corrected chi connectivity index (χ0v) is 16.4. The molecule has 142 valence electrons. The smallest absolute Gasteiger partial charge is 0.308 e. The summed E-state index contributed by atoms with van der Waals surface area (Å²) < 4.78 is 11.3. The Morgan fingerprint density at radius 3 is 2.56 bits per heavy atom. The fraction of sp³-hybridized carbons (Fsp3) is 0.650. The number of carbonyl (C=O) groups is 1. The van der Waals surface area contributed by atoms with Crippen LogP contribution >= 0.6 is 0 Å². The lowest BCUT2D eigenvalue weighted by Crippen LogP contribution is -2.35. The van der Waals surface area contributed by atoms with Crippen LogP contribution in [0.5, 0.6) is 11.5 Å². The van der Waals surface area contributed by atoms with Crippen molar-refractivity contribution in [1.82, 2.24) is 5.32 Å². The minimum Gasteiger partial charge on any atom is -0.491 e. The van der Waals surface area contributed by atoms with Gasteiger partial charge in [0.25, 0.3) is 0 Å². The third kappa shape index (κ3) is 7.04. The summed E-state index contributed by atoms with van der Waals surface area (Å²) in [5.41, 5.74) is 2.85. The van der Waals surface area contributed by atoms with E-state index in [-0.39, 0.29) is 12.6 Å². The van der Waals surface area contributed by atoms with Crippen LogP contribution in [-0.2, 0) is 11.2 Å². The summed E-state index contributed by atoms with van der Waals surface area (Å²) in [6, 6.07) is 2.22. The van der Waals surface area contributed by atoms with Crippen molar-refractivity contribution < 1.29 is 19.4 Å². The zero-order chi connectivity index (χ0) is 19.0. The highest BCUT2D eigenvalue weighted by molar-refractivity contribution is 5.71. The van der Waals surface area contributed by atoms with E-state index < -0.39 is 6.10 Å². The van der Waals surface area contributed by atoms with Crippen LogP contribution in [0.4, 0.5) is 0 Å². The van der Waals surface area contributed by atoms with Gasteiger partial charge >= 0.3 is 5.97 Å². The Morgan fingerprint density at radius 2 is 2.00 bits per heavy atom. The molecule has 1 unspecified atom stereocenters. The van der Waals surface area contributed by atoms with Gasteiger partial charge in [-0.1, -0.05) is 27.2 Å². The maximum absolute atomic E-state index is 11.4. The molecule has 5 nitrogen and oxygen atoms in total. The minimum absolute atomic E-state index is 0.227. The van der Waals surface area contributed by atoms with Crippen molar-refractivity contribution in [3.63, 3.8) is 0 Å². The van der Waals surface area contributed by atoms with Crippen molar-refractivity contribution in [3.8, 4) is 11.5 Å². The topological polar surface area (TPSA) is 67.8 Å². The quantitative estimate of drug-likeness (QED) is 0.500. The molecule has 0 bridgehead atoms. The van der Waals surface area contributed by atoms with Gasteiger partial charge in [-0.3, -0.25) is 4.79 Å². The second-order valence-electron chi connectivity index (χ2n) is 6.85. The van der Waals surface area contributed by atoms with E-state index >= 15 is 0 Å². The molecule has 0 spiro atoms. The van der Waals surface area contributed by atoms with Crippen LogP contribution in [0.25, 0.3) is 0 Å². The number of benzene rings is 1. The lowest BCUT2D eigenvalue weighted by molar-refractivity contribution is -0.131. The van der Waals surface area contributed by atoms with Gasteiger partial charge in [-0.2, -0.15) is 0 Å². The van der Waals surface area contributed by atoms with Crippen LogP contribution in [0.3, 0.4) is 0 Å². The average Bonchev–Trinajstić information content (AvgIpc) is 2.53. The molecule has 2 N–H and O–H groups in total. The third-order valence-electron chi connectivity index (χ3n) is 4.02. The Balaban J connectivity index is 2.98. The molecule has 0 aliphatic heterocycles. The second kappa shape index (κ2) is 10.4. The van der Waals surface area contributed by atoms with E-state index in [9.17, 15) is 9.90 Å². The first-order valence-corrected chi connectivity index (χ1v) is 9.11. The summed E-state index contributed by atoms with van der Waals surface area (Å²) in [4.78, 5) is 11.4. The van der Waals surface area contributed by atoms with Gasteiger partial charge in [0.1, 0.15) is 24.2 Å². The highest BCUT2D eigenvalue weighted by Crippen LogP contribution is 2.35. The van der Waals surface area contributed by atoms with Crippen molar-refractivity contribution in [2.75, 3.05) is 13.2 Å². The molecule has 0 aliphatic carbocycles. The van der Waals surface area contributed by atoms with Gasteiger partial charge < -0.3 is 19.9 Å². The second-order valence-corrected chi connectivity index (χ2v) is 6.85. The number of nitrogens with one attached hydrogen (secondary N) is 1. The van der Waals surface area contributed by atoms with Crippen molar-refractivity contribution >= 4 is 5.97 Å². The molecule has 0 fully saturated rings. The molecule has 0 saturated carbocycles. The molecular weight excluding hydrogens is 318 g/mol. The Kier molecular flexibility index (Phi) is 8.93. The summed E-state index contributed by atoms with van der Waals surface area (Å²) in [6.45, 7) is 12.2. The molecule has 0 saturated heterocycles. The van der Waals surface area contributed by atoms with Crippen LogP contribution < -0.4 is 14.8 Å².